The summed E-state index contributed by atoms with van der Waals surface area (Å²) < 4.78 is -2.03. The van der Waals surface area contributed by atoms with Crippen molar-refractivity contribution >= 4 is 53.0 Å². The standard InChI is InChI=1S/C11H7Cl3N2O3/c12-11(13,14)10(15-5-17)16-8(18)6-3-1-2-4-7(6)9(16)19/h1-5,10H,(H,15,17). The number of rotatable bonds is 3. The Kier molecular flexibility index (Phi) is 3.71. The summed E-state index contributed by atoms with van der Waals surface area (Å²) in [6, 6.07) is 6.22. The molecule has 0 saturated carbocycles. The summed E-state index contributed by atoms with van der Waals surface area (Å²) >= 11 is 17.1. The van der Waals surface area contributed by atoms with Gasteiger partial charge >= 0.3 is 0 Å². The van der Waals surface area contributed by atoms with Crippen LogP contribution in [0.25, 0.3) is 0 Å². The van der Waals surface area contributed by atoms with Gasteiger partial charge in [-0.1, -0.05) is 46.9 Å². The second-order valence-electron chi connectivity index (χ2n) is 3.75. The minimum Gasteiger partial charge on any atom is -0.334 e. The van der Waals surface area contributed by atoms with Crippen molar-refractivity contribution in [2.75, 3.05) is 0 Å². The first-order valence-corrected chi connectivity index (χ1v) is 6.24. The van der Waals surface area contributed by atoms with Crippen LogP contribution >= 0.6 is 34.8 Å². The molecule has 1 aromatic carbocycles. The van der Waals surface area contributed by atoms with E-state index in [4.69, 9.17) is 34.8 Å². The highest BCUT2D eigenvalue weighted by atomic mass is 35.6. The molecule has 0 fully saturated rings. The molecule has 3 amide bonds. The third-order valence-electron chi connectivity index (χ3n) is 2.62. The average Bonchev–Trinajstić information content (AvgIpc) is 2.59. The number of hydrogen-bond acceptors (Lipinski definition) is 3. The predicted molar refractivity (Wildman–Crippen MR) is 70.2 cm³/mol. The molecule has 19 heavy (non-hydrogen) atoms. The summed E-state index contributed by atoms with van der Waals surface area (Å²) in [5.74, 6) is -1.24. The van der Waals surface area contributed by atoms with Gasteiger partial charge in [-0.25, -0.2) is 4.90 Å². The number of imide groups is 1. The molecular formula is C11H7Cl3N2O3. The Balaban J connectivity index is 2.45. The number of hydrogen-bond donors (Lipinski definition) is 1. The lowest BCUT2D eigenvalue weighted by atomic mass is 10.1. The van der Waals surface area contributed by atoms with E-state index in [0.29, 0.717) is 0 Å². The Morgan fingerprint density at radius 3 is 1.95 bits per heavy atom. The van der Waals surface area contributed by atoms with Gasteiger partial charge in [0.25, 0.3) is 11.8 Å². The first kappa shape index (κ1) is 14.1. The summed E-state index contributed by atoms with van der Waals surface area (Å²) in [4.78, 5) is 35.6. The van der Waals surface area contributed by atoms with E-state index in [1.54, 1.807) is 12.1 Å². The number of amides is 3. The maximum absolute atomic E-state index is 12.1. The van der Waals surface area contributed by atoms with Gasteiger partial charge in [0.1, 0.15) is 0 Å². The largest absolute Gasteiger partial charge is 0.334 e. The molecule has 1 atom stereocenters. The Hall–Kier alpha value is -1.30. The predicted octanol–water partition coefficient (Wildman–Crippen LogP) is 1.72. The van der Waals surface area contributed by atoms with Gasteiger partial charge in [0.15, 0.2) is 6.17 Å². The molecule has 1 aliphatic rings. The summed E-state index contributed by atoms with van der Waals surface area (Å²) in [5.41, 5.74) is 0.416. The van der Waals surface area contributed by atoms with Crippen molar-refractivity contribution in [2.45, 2.75) is 9.96 Å². The quantitative estimate of drug-likeness (QED) is 0.524. The lowest BCUT2D eigenvalue weighted by Gasteiger charge is -2.30. The zero-order valence-electron chi connectivity index (χ0n) is 9.27. The van der Waals surface area contributed by atoms with Crippen LogP contribution in [0.4, 0.5) is 0 Å². The Morgan fingerprint density at radius 2 is 1.58 bits per heavy atom. The van der Waals surface area contributed by atoms with E-state index in [1.807, 2.05) is 0 Å². The first-order valence-electron chi connectivity index (χ1n) is 5.11. The van der Waals surface area contributed by atoms with Crippen molar-refractivity contribution in [3.05, 3.63) is 35.4 Å². The maximum atomic E-state index is 12.1. The number of carbonyl (C=O) groups excluding carboxylic acids is 3. The first-order chi connectivity index (χ1) is 8.88. The molecule has 1 unspecified atom stereocenters. The summed E-state index contributed by atoms with van der Waals surface area (Å²) in [6.07, 6.45) is -1.11. The monoisotopic (exact) mass is 320 g/mol. The second-order valence-corrected chi connectivity index (χ2v) is 6.12. The van der Waals surface area contributed by atoms with Gasteiger partial charge < -0.3 is 5.32 Å². The van der Waals surface area contributed by atoms with E-state index < -0.39 is 21.8 Å². The lowest BCUT2D eigenvalue weighted by molar-refractivity contribution is -0.110. The molecule has 100 valence electrons. The van der Waals surface area contributed by atoms with Gasteiger partial charge in [-0.2, -0.15) is 0 Å². The van der Waals surface area contributed by atoms with Crippen molar-refractivity contribution in [1.29, 1.82) is 0 Å². The average molecular weight is 322 g/mol. The van der Waals surface area contributed by atoms with Crippen LogP contribution in [0.2, 0.25) is 0 Å². The minimum atomic E-state index is -2.03. The summed E-state index contributed by atoms with van der Waals surface area (Å²) in [6.45, 7) is 0. The fraction of sp³-hybridized carbons (Fsp3) is 0.182. The molecule has 0 saturated heterocycles. The van der Waals surface area contributed by atoms with Crippen LogP contribution in [-0.4, -0.2) is 33.1 Å². The number of alkyl halides is 3. The molecular weight excluding hydrogens is 314 g/mol. The van der Waals surface area contributed by atoms with Crippen LogP contribution < -0.4 is 5.32 Å². The van der Waals surface area contributed by atoms with E-state index >= 15 is 0 Å². The Labute approximate surface area is 123 Å². The van der Waals surface area contributed by atoms with Gasteiger partial charge in [0.05, 0.1) is 11.1 Å². The number of nitrogens with zero attached hydrogens (tertiary/aromatic N) is 1. The summed E-state index contributed by atoms with van der Waals surface area (Å²) in [7, 11) is 0. The number of halogens is 3. The molecule has 0 spiro atoms. The Morgan fingerprint density at radius 1 is 1.11 bits per heavy atom. The third-order valence-corrected chi connectivity index (χ3v) is 3.24. The van der Waals surface area contributed by atoms with Crippen LogP contribution in [-0.2, 0) is 4.79 Å². The van der Waals surface area contributed by atoms with Crippen molar-refractivity contribution in [3.8, 4) is 0 Å². The lowest BCUT2D eigenvalue weighted by Crippen LogP contribution is -2.55. The number of carbonyl (C=O) groups is 3. The van der Waals surface area contributed by atoms with E-state index in [0.717, 1.165) is 4.90 Å². The second kappa shape index (κ2) is 5.00. The van der Waals surface area contributed by atoms with Crippen molar-refractivity contribution in [2.24, 2.45) is 0 Å². The van der Waals surface area contributed by atoms with Crippen LogP contribution in [0, 0.1) is 0 Å². The molecule has 0 aromatic heterocycles. The van der Waals surface area contributed by atoms with E-state index in [2.05, 4.69) is 5.32 Å². The van der Waals surface area contributed by atoms with Crippen LogP contribution in [0.5, 0.6) is 0 Å². The van der Waals surface area contributed by atoms with E-state index in [9.17, 15) is 14.4 Å². The molecule has 1 aromatic rings. The van der Waals surface area contributed by atoms with Gasteiger partial charge in [-0.3, -0.25) is 14.4 Å². The smallest absolute Gasteiger partial charge is 0.263 e. The molecule has 8 heteroatoms. The number of benzene rings is 1. The molecule has 1 heterocycles. The molecule has 5 nitrogen and oxygen atoms in total. The molecule has 2 rings (SSSR count). The molecule has 0 bridgehead atoms. The van der Waals surface area contributed by atoms with Crippen LogP contribution in [0.3, 0.4) is 0 Å². The number of fused-ring (bicyclic) bond motifs is 1. The highest BCUT2D eigenvalue weighted by Crippen LogP contribution is 2.35. The van der Waals surface area contributed by atoms with Gasteiger partial charge in [0.2, 0.25) is 10.2 Å². The molecule has 1 N–H and O–H groups in total. The normalized spacial score (nSPS) is 16.3. The molecule has 0 aliphatic carbocycles. The zero-order valence-corrected chi connectivity index (χ0v) is 11.5. The maximum Gasteiger partial charge on any atom is 0.263 e. The minimum absolute atomic E-state index is 0.208. The van der Waals surface area contributed by atoms with Gasteiger partial charge in [-0.15, -0.1) is 0 Å². The highest BCUT2D eigenvalue weighted by molar-refractivity contribution is 6.68. The number of nitrogens with one attached hydrogen (secondary N) is 1. The zero-order chi connectivity index (χ0) is 14.2. The SMILES string of the molecule is O=CNC(N1C(=O)c2ccccc2C1=O)C(Cl)(Cl)Cl. The van der Waals surface area contributed by atoms with E-state index in [-0.39, 0.29) is 17.5 Å². The van der Waals surface area contributed by atoms with Crippen molar-refractivity contribution in [3.63, 3.8) is 0 Å². The third kappa shape index (κ3) is 2.41. The van der Waals surface area contributed by atoms with Crippen molar-refractivity contribution in [1.82, 2.24) is 10.2 Å². The van der Waals surface area contributed by atoms with Gasteiger partial charge in [0, 0.05) is 0 Å². The fourth-order valence-electron chi connectivity index (χ4n) is 1.82. The van der Waals surface area contributed by atoms with Crippen LogP contribution in [0.1, 0.15) is 20.7 Å². The highest BCUT2D eigenvalue weighted by Gasteiger charge is 2.47. The van der Waals surface area contributed by atoms with Gasteiger partial charge in [-0.05, 0) is 12.1 Å². The van der Waals surface area contributed by atoms with E-state index in [1.165, 1.54) is 12.1 Å². The Bertz CT molecular complexity index is 521. The van der Waals surface area contributed by atoms with Crippen molar-refractivity contribution < 1.29 is 14.4 Å². The fourth-order valence-corrected chi connectivity index (χ4v) is 2.30. The summed E-state index contributed by atoms with van der Waals surface area (Å²) in [5, 5.41) is 2.17. The topological polar surface area (TPSA) is 66.5 Å². The molecule has 0 radical (unpaired) electrons. The molecule has 1 aliphatic heterocycles. The van der Waals surface area contributed by atoms with Crippen LogP contribution in [0.15, 0.2) is 24.3 Å².